The average molecular weight is 344 g/mol. The van der Waals surface area contributed by atoms with Crippen LogP contribution in [0.15, 0.2) is 48.5 Å². The Labute approximate surface area is 143 Å². The van der Waals surface area contributed by atoms with E-state index in [0.29, 0.717) is 17.0 Å². The fourth-order valence-electron chi connectivity index (χ4n) is 1.96. The Bertz CT molecular complexity index is 742. The van der Waals surface area contributed by atoms with Gasteiger partial charge in [-0.15, -0.1) is 11.8 Å². The molecule has 0 aliphatic carbocycles. The van der Waals surface area contributed by atoms with Gasteiger partial charge >= 0.3 is 0 Å². The van der Waals surface area contributed by atoms with E-state index >= 15 is 0 Å². The molecule has 0 spiro atoms. The highest BCUT2D eigenvalue weighted by atomic mass is 32.2. The maximum absolute atomic E-state index is 11.9. The number of hydrogen-bond acceptors (Lipinski definition) is 5. The molecule has 24 heavy (non-hydrogen) atoms. The first kappa shape index (κ1) is 17.7. The van der Waals surface area contributed by atoms with E-state index in [4.69, 9.17) is 0 Å². The zero-order valence-electron chi connectivity index (χ0n) is 13.0. The molecule has 0 aliphatic rings. The molecule has 0 saturated carbocycles. The molecule has 1 amide bonds. The Kier molecular flexibility index (Phi) is 6.08. The number of rotatable bonds is 7. The van der Waals surface area contributed by atoms with E-state index in [1.165, 1.54) is 30.8 Å². The summed E-state index contributed by atoms with van der Waals surface area (Å²) in [6, 6.07) is 13.0. The van der Waals surface area contributed by atoms with Crippen LogP contribution in [0.25, 0.3) is 0 Å². The van der Waals surface area contributed by atoms with Crippen molar-refractivity contribution in [2.45, 2.75) is 12.7 Å². The van der Waals surface area contributed by atoms with Gasteiger partial charge in [-0.2, -0.15) is 0 Å². The van der Waals surface area contributed by atoms with Gasteiger partial charge in [-0.1, -0.05) is 12.1 Å². The van der Waals surface area contributed by atoms with Crippen LogP contribution in [0.4, 0.5) is 11.4 Å². The SMILES string of the molecule is CC(=O)c1ccc(NC(=O)CSCc2ccc([N+](=O)[O-])cc2)cc1. The number of amides is 1. The fraction of sp³-hybridized carbons (Fsp3) is 0.176. The molecular weight excluding hydrogens is 328 g/mol. The third-order valence-corrected chi connectivity index (χ3v) is 4.23. The Balaban J connectivity index is 1.78. The standard InChI is InChI=1S/C17H16N2O4S/c1-12(20)14-4-6-15(7-5-14)18-17(21)11-24-10-13-2-8-16(9-3-13)19(22)23/h2-9H,10-11H2,1H3,(H,18,21). The molecule has 0 aliphatic heterocycles. The molecule has 0 atom stereocenters. The highest BCUT2D eigenvalue weighted by molar-refractivity contribution is 7.99. The van der Waals surface area contributed by atoms with E-state index in [2.05, 4.69) is 5.32 Å². The van der Waals surface area contributed by atoms with Crippen LogP contribution < -0.4 is 5.32 Å². The highest BCUT2D eigenvalue weighted by Crippen LogP contribution is 2.17. The third-order valence-electron chi connectivity index (χ3n) is 3.22. The second-order valence-corrected chi connectivity index (χ2v) is 6.08. The molecule has 0 fully saturated rings. The quantitative estimate of drug-likeness (QED) is 0.470. The van der Waals surface area contributed by atoms with Gasteiger partial charge in [0.05, 0.1) is 10.7 Å². The monoisotopic (exact) mass is 344 g/mol. The molecular formula is C17H16N2O4S. The van der Waals surface area contributed by atoms with E-state index < -0.39 is 4.92 Å². The van der Waals surface area contributed by atoms with Gasteiger partial charge in [0.15, 0.2) is 5.78 Å². The minimum atomic E-state index is -0.443. The van der Waals surface area contributed by atoms with Crippen molar-refractivity contribution in [3.63, 3.8) is 0 Å². The summed E-state index contributed by atoms with van der Waals surface area (Å²) in [6.07, 6.45) is 0. The predicted octanol–water partition coefficient (Wildman–Crippen LogP) is 3.67. The Morgan fingerprint density at radius 2 is 1.71 bits per heavy atom. The lowest BCUT2D eigenvalue weighted by atomic mass is 10.1. The molecule has 2 aromatic carbocycles. The van der Waals surface area contributed by atoms with Crippen LogP contribution >= 0.6 is 11.8 Å². The topological polar surface area (TPSA) is 89.3 Å². The molecule has 6 nitrogen and oxygen atoms in total. The molecule has 7 heteroatoms. The van der Waals surface area contributed by atoms with Crippen molar-refractivity contribution in [2.24, 2.45) is 0 Å². The van der Waals surface area contributed by atoms with Crippen LogP contribution in [0, 0.1) is 10.1 Å². The summed E-state index contributed by atoms with van der Waals surface area (Å²) in [5.41, 5.74) is 2.21. The Hall–Kier alpha value is -2.67. The lowest BCUT2D eigenvalue weighted by Gasteiger charge is -2.06. The Morgan fingerprint density at radius 3 is 2.25 bits per heavy atom. The summed E-state index contributed by atoms with van der Waals surface area (Å²) >= 11 is 1.42. The number of nitro groups is 1. The van der Waals surface area contributed by atoms with Crippen LogP contribution in [0.3, 0.4) is 0 Å². The first-order valence-electron chi connectivity index (χ1n) is 7.17. The van der Waals surface area contributed by atoms with Crippen molar-refractivity contribution in [2.75, 3.05) is 11.1 Å². The van der Waals surface area contributed by atoms with E-state index in [0.717, 1.165) is 5.56 Å². The number of carbonyl (C=O) groups excluding carboxylic acids is 2. The number of Topliss-reactive ketones (excluding diaryl/α,β-unsaturated/α-hetero) is 1. The Morgan fingerprint density at radius 1 is 1.08 bits per heavy atom. The second kappa shape index (κ2) is 8.26. The van der Waals surface area contributed by atoms with Crippen LogP contribution in [0.2, 0.25) is 0 Å². The number of nitrogens with zero attached hydrogens (tertiary/aromatic N) is 1. The molecule has 0 heterocycles. The van der Waals surface area contributed by atoms with Crippen LogP contribution in [0.5, 0.6) is 0 Å². The van der Waals surface area contributed by atoms with Gasteiger partial charge in [-0.05, 0) is 36.8 Å². The molecule has 1 N–H and O–H groups in total. The number of anilines is 1. The summed E-state index contributed by atoms with van der Waals surface area (Å²) in [7, 11) is 0. The molecule has 0 unspecified atom stereocenters. The summed E-state index contributed by atoms with van der Waals surface area (Å²) in [6.45, 7) is 1.49. The van der Waals surface area contributed by atoms with Crippen LogP contribution in [-0.4, -0.2) is 22.4 Å². The number of nitro benzene ring substituents is 1. The van der Waals surface area contributed by atoms with Crippen molar-refractivity contribution in [1.82, 2.24) is 0 Å². The van der Waals surface area contributed by atoms with Crippen molar-refractivity contribution in [3.05, 3.63) is 69.8 Å². The number of non-ortho nitro benzene ring substituents is 1. The minimum absolute atomic E-state index is 0.0217. The van der Waals surface area contributed by atoms with E-state index in [-0.39, 0.29) is 23.1 Å². The lowest BCUT2D eigenvalue weighted by Crippen LogP contribution is -2.14. The maximum Gasteiger partial charge on any atom is 0.269 e. The fourth-order valence-corrected chi connectivity index (χ4v) is 2.75. The largest absolute Gasteiger partial charge is 0.325 e. The highest BCUT2D eigenvalue weighted by Gasteiger charge is 2.06. The van der Waals surface area contributed by atoms with Crippen molar-refractivity contribution < 1.29 is 14.5 Å². The normalized spacial score (nSPS) is 10.2. The average Bonchev–Trinajstić information content (AvgIpc) is 2.55. The predicted molar refractivity (Wildman–Crippen MR) is 94.3 cm³/mol. The second-order valence-electron chi connectivity index (χ2n) is 5.10. The van der Waals surface area contributed by atoms with Gasteiger partial charge in [0.2, 0.25) is 5.91 Å². The van der Waals surface area contributed by atoms with Crippen molar-refractivity contribution in [3.8, 4) is 0 Å². The van der Waals surface area contributed by atoms with Crippen LogP contribution in [0.1, 0.15) is 22.8 Å². The molecule has 0 bridgehead atoms. The van der Waals surface area contributed by atoms with Crippen LogP contribution in [-0.2, 0) is 10.5 Å². The molecule has 2 rings (SSSR count). The zero-order valence-corrected chi connectivity index (χ0v) is 13.8. The van der Waals surface area contributed by atoms with Gasteiger partial charge in [0, 0.05) is 29.1 Å². The molecule has 124 valence electrons. The maximum atomic E-state index is 11.9. The number of nitrogens with one attached hydrogen (secondary N) is 1. The van der Waals surface area contributed by atoms with Crippen molar-refractivity contribution >= 4 is 34.8 Å². The summed E-state index contributed by atoms with van der Waals surface area (Å²) < 4.78 is 0. The van der Waals surface area contributed by atoms with Gasteiger partial charge in [-0.3, -0.25) is 19.7 Å². The molecule has 0 aromatic heterocycles. The third kappa shape index (κ3) is 5.20. The first-order chi connectivity index (χ1) is 11.5. The smallest absolute Gasteiger partial charge is 0.269 e. The van der Waals surface area contributed by atoms with Gasteiger partial charge in [-0.25, -0.2) is 0 Å². The molecule has 0 saturated heterocycles. The number of ketones is 1. The number of hydrogen-bond donors (Lipinski definition) is 1. The number of carbonyl (C=O) groups is 2. The lowest BCUT2D eigenvalue weighted by molar-refractivity contribution is -0.384. The zero-order chi connectivity index (χ0) is 17.5. The van der Waals surface area contributed by atoms with Crippen molar-refractivity contribution in [1.29, 1.82) is 0 Å². The van der Waals surface area contributed by atoms with E-state index in [9.17, 15) is 19.7 Å². The summed E-state index contributed by atoms with van der Waals surface area (Å²) in [5.74, 6) is 0.698. The van der Waals surface area contributed by atoms with E-state index in [1.54, 1.807) is 36.4 Å². The molecule has 2 aromatic rings. The summed E-state index contributed by atoms with van der Waals surface area (Å²) in [4.78, 5) is 33.2. The van der Waals surface area contributed by atoms with E-state index in [1.807, 2.05) is 0 Å². The van der Waals surface area contributed by atoms with Gasteiger partial charge in [0.25, 0.3) is 5.69 Å². The summed E-state index contributed by atoms with van der Waals surface area (Å²) in [5, 5.41) is 13.3. The van der Waals surface area contributed by atoms with Gasteiger partial charge in [0.1, 0.15) is 0 Å². The number of thioether (sulfide) groups is 1. The first-order valence-corrected chi connectivity index (χ1v) is 8.33. The minimum Gasteiger partial charge on any atom is -0.325 e. The molecule has 0 radical (unpaired) electrons. The van der Waals surface area contributed by atoms with Gasteiger partial charge < -0.3 is 5.32 Å². The number of benzene rings is 2.